The lowest BCUT2D eigenvalue weighted by Gasteiger charge is -2.46. The Bertz CT molecular complexity index is 114. The lowest BCUT2D eigenvalue weighted by Crippen LogP contribution is -2.49. The van der Waals surface area contributed by atoms with E-state index in [2.05, 4.69) is 12.4 Å². The molecule has 3 aliphatic carbocycles. The summed E-state index contributed by atoms with van der Waals surface area (Å²) in [6.45, 7) is 0. The van der Waals surface area contributed by atoms with E-state index in [9.17, 15) is 0 Å². The van der Waals surface area contributed by atoms with Gasteiger partial charge in [-0.25, -0.2) is 0 Å². The minimum atomic E-state index is 0. The van der Waals surface area contributed by atoms with Gasteiger partial charge in [-0.2, -0.15) is 0 Å². The summed E-state index contributed by atoms with van der Waals surface area (Å²) >= 11 is 0. The molecule has 66 valence electrons. The standard InChI is InChI=1S/C9H17N.ClH/c1-10-9-5-2-8(3-6-9)4-7-9;/h8,10H,2-7H2,1H3;1H. The second-order valence-electron chi connectivity index (χ2n) is 4.01. The van der Waals surface area contributed by atoms with Gasteiger partial charge in [-0.3, -0.25) is 0 Å². The average molecular weight is 176 g/mol. The quantitative estimate of drug-likeness (QED) is 0.645. The molecule has 3 fully saturated rings. The van der Waals surface area contributed by atoms with E-state index in [1.807, 2.05) is 0 Å². The Hall–Kier alpha value is 0.250. The second-order valence-corrected chi connectivity index (χ2v) is 4.01. The molecule has 2 bridgehead atoms. The van der Waals surface area contributed by atoms with Gasteiger partial charge in [0.15, 0.2) is 0 Å². The summed E-state index contributed by atoms with van der Waals surface area (Å²) < 4.78 is 0. The highest BCUT2D eigenvalue weighted by molar-refractivity contribution is 5.85. The first-order valence-electron chi connectivity index (χ1n) is 4.54. The molecule has 0 aromatic rings. The SMILES string of the molecule is CNC12CCC(CC1)CC2.Cl. The average Bonchev–Trinajstić information content (AvgIpc) is 2.08. The maximum absolute atomic E-state index is 3.50. The van der Waals surface area contributed by atoms with Gasteiger partial charge >= 0.3 is 0 Å². The van der Waals surface area contributed by atoms with Crippen LogP contribution in [0.4, 0.5) is 0 Å². The zero-order valence-electron chi connectivity index (χ0n) is 7.23. The molecular formula is C9H18ClN. The molecule has 0 amide bonds. The number of fused-ring (bicyclic) bond motifs is 3. The largest absolute Gasteiger partial charge is 0.314 e. The van der Waals surface area contributed by atoms with Gasteiger partial charge in [0, 0.05) is 5.54 Å². The molecule has 11 heavy (non-hydrogen) atoms. The van der Waals surface area contributed by atoms with Crippen molar-refractivity contribution in [3.8, 4) is 0 Å². The topological polar surface area (TPSA) is 12.0 Å². The summed E-state index contributed by atoms with van der Waals surface area (Å²) in [5, 5.41) is 3.50. The summed E-state index contributed by atoms with van der Waals surface area (Å²) in [6.07, 6.45) is 8.78. The lowest BCUT2D eigenvalue weighted by atomic mass is 9.66. The van der Waals surface area contributed by atoms with Gasteiger partial charge in [-0.1, -0.05) is 0 Å². The summed E-state index contributed by atoms with van der Waals surface area (Å²) in [6, 6.07) is 0. The van der Waals surface area contributed by atoms with Crippen molar-refractivity contribution in [1.29, 1.82) is 0 Å². The van der Waals surface area contributed by atoms with Crippen molar-refractivity contribution in [1.82, 2.24) is 5.32 Å². The van der Waals surface area contributed by atoms with Crippen LogP contribution in [0.1, 0.15) is 38.5 Å². The molecule has 3 aliphatic rings. The minimum absolute atomic E-state index is 0. The number of halogens is 1. The van der Waals surface area contributed by atoms with Gasteiger partial charge in [-0.05, 0) is 51.5 Å². The molecule has 0 aromatic heterocycles. The molecule has 1 N–H and O–H groups in total. The fourth-order valence-electron chi connectivity index (χ4n) is 2.62. The highest BCUT2D eigenvalue weighted by Gasteiger charge is 2.38. The Morgan fingerprint density at radius 3 is 1.82 bits per heavy atom. The van der Waals surface area contributed by atoms with E-state index >= 15 is 0 Å². The van der Waals surface area contributed by atoms with Crippen molar-refractivity contribution in [2.45, 2.75) is 44.1 Å². The van der Waals surface area contributed by atoms with Crippen LogP contribution in [-0.2, 0) is 0 Å². The Kier molecular flexibility index (Phi) is 2.82. The van der Waals surface area contributed by atoms with Crippen molar-refractivity contribution < 1.29 is 0 Å². The predicted octanol–water partition coefficient (Wildman–Crippen LogP) is 2.35. The van der Waals surface area contributed by atoms with Crippen molar-refractivity contribution in [3.05, 3.63) is 0 Å². The molecule has 0 aliphatic heterocycles. The van der Waals surface area contributed by atoms with Crippen molar-refractivity contribution in [2.24, 2.45) is 5.92 Å². The second kappa shape index (κ2) is 3.32. The molecule has 3 rings (SSSR count). The van der Waals surface area contributed by atoms with E-state index in [0.717, 1.165) is 5.92 Å². The number of hydrogen-bond acceptors (Lipinski definition) is 1. The molecule has 1 nitrogen and oxygen atoms in total. The van der Waals surface area contributed by atoms with Crippen molar-refractivity contribution >= 4 is 12.4 Å². The Balaban J connectivity index is 0.000000605. The molecule has 0 unspecified atom stereocenters. The fourth-order valence-corrected chi connectivity index (χ4v) is 2.62. The van der Waals surface area contributed by atoms with Gasteiger partial charge in [0.1, 0.15) is 0 Å². The van der Waals surface area contributed by atoms with Crippen LogP contribution in [0.3, 0.4) is 0 Å². The van der Waals surface area contributed by atoms with Gasteiger partial charge in [0.25, 0.3) is 0 Å². The van der Waals surface area contributed by atoms with Gasteiger partial charge in [0.05, 0.1) is 0 Å². The van der Waals surface area contributed by atoms with E-state index in [4.69, 9.17) is 0 Å². The smallest absolute Gasteiger partial charge is 0.0178 e. The maximum atomic E-state index is 3.50. The summed E-state index contributed by atoms with van der Waals surface area (Å²) in [4.78, 5) is 0. The highest BCUT2D eigenvalue weighted by Crippen LogP contribution is 2.43. The molecule has 0 heterocycles. The van der Waals surface area contributed by atoms with Crippen LogP contribution in [0, 0.1) is 5.92 Å². The van der Waals surface area contributed by atoms with E-state index in [0.29, 0.717) is 5.54 Å². The summed E-state index contributed by atoms with van der Waals surface area (Å²) in [7, 11) is 2.13. The predicted molar refractivity (Wildman–Crippen MR) is 50.2 cm³/mol. The maximum Gasteiger partial charge on any atom is 0.0178 e. The molecule has 2 heteroatoms. The third kappa shape index (κ3) is 1.54. The Morgan fingerprint density at radius 1 is 1.09 bits per heavy atom. The third-order valence-corrected chi connectivity index (χ3v) is 3.62. The van der Waals surface area contributed by atoms with E-state index in [1.165, 1.54) is 38.5 Å². The molecule has 0 spiro atoms. The van der Waals surface area contributed by atoms with Crippen LogP contribution >= 0.6 is 12.4 Å². The summed E-state index contributed by atoms with van der Waals surface area (Å²) in [5.74, 6) is 1.09. The first kappa shape index (κ1) is 9.34. The van der Waals surface area contributed by atoms with E-state index in [1.54, 1.807) is 0 Å². The van der Waals surface area contributed by atoms with Crippen LogP contribution in [0.25, 0.3) is 0 Å². The molecule has 0 atom stereocenters. The van der Waals surface area contributed by atoms with E-state index in [-0.39, 0.29) is 12.4 Å². The molecule has 0 saturated heterocycles. The zero-order chi connectivity index (χ0) is 7.03. The fraction of sp³-hybridized carbons (Fsp3) is 1.00. The van der Waals surface area contributed by atoms with Gasteiger partial charge in [-0.15, -0.1) is 12.4 Å². The molecule has 0 radical (unpaired) electrons. The minimum Gasteiger partial charge on any atom is -0.314 e. The Labute approximate surface area is 75.4 Å². The first-order chi connectivity index (χ1) is 4.85. The van der Waals surface area contributed by atoms with Gasteiger partial charge < -0.3 is 5.32 Å². The van der Waals surface area contributed by atoms with Crippen LogP contribution in [0.5, 0.6) is 0 Å². The molecular weight excluding hydrogens is 158 g/mol. The summed E-state index contributed by atoms with van der Waals surface area (Å²) in [5.41, 5.74) is 0.578. The van der Waals surface area contributed by atoms with Crippen LogP contribution < -0.4 is 5.32 Å². The van der Waals surface area contributed by atoms with Crippen LogP contribution in [0.15, 0.2) is 0 Å². The third-order valence-electron chi connectivity index (χ3n) is 3.62. The van der Waals surface area contributed by atoms with Crippen molar-refractivity contribution in [2.75, 3.05) is 7.05 Å². The number of nitrogens with one attached hydrogen (secondary N) is 1. The van der Waals surface area contributed by atoms with Crippen LogP contribution in [0.2, 0.25) is 0 Å². The molecule has 3 saturated carbocycles. The van der Waals surface area contributed by atoms with Crippen LogP contribution in [-0.4, -0.2) is 12.6 Å². The van der Waals surface area contributed by atoms with Gasteiger partial charge in [0.2, 0.25) is 0 Å². The number of rotatable bonds is 1. The first-order valence-corrected chi connectivity index (χ1v) is 4.54. The van der Waals surface area contributed by atoms with E-state index < -0.39 is 0 Å². The van der Waals surface area contributed by atoms with Crippen molar-refractivity contribution in [3.63, 3.8) is 0 Å². The molecule has 0 aromatic carbocycles. The zero-order valence-corrected chi connectivity index (χ0v) is 8.04. The highest BCUT2D eigenvalue weighted by atomic mass is 35.5. The lowest BCUT2D eigenvalue weighted by molar-refractivity contribution is 0.113. The number of hydrogen-bond donors (Lipinski definition) is 1. The monoisotopic (exact) mass is 175 g/mol. The Morgan fingerprint density at radius 2 is 1.55 bits per heavy atom. The normalized spacial score (nSPS) is 41.7.